The van der Waals surface area contributed by atoms with Crippen molar-refractivity contribution >= 4 is 28.4 Å². The third-order valence-electron chi connectivity index (χ3n) is 4.50. The van der Waals surface area contributed by atoms with Crippen LogP contribution in [-0.2, 0) is 6.42 Å². The number of hydrogen-bond acceptors (Lipinski definition) is 1. The van der Waals surface area contributed by atoms with E-state index in [1.165, 1.54) is 37.7 Å². The molecule has 1 N–H and O–H groups in total. The number of hydrogen-bond donors (Lipinski definition) is 1. The third-order valence-corrected chi connectivity index (χ3v) is 4.74. The third kappa shape index (κ3) is 3.12. The SMILES string of the molecule is CCCCCCC1=Cc2c([nH]c(=O)c3ccc(Cl)cc23)CC1. The predicted octanol–water partition coefficient (Wildman–Crippen LogP) is 5.48. The Morgan fingerprint density at radius 3 is 2.82 bits per heavy atom. The fraction of sp³-hybridized carbons (Fsp3) is 0.421. The molecule has 0 bridgehead atoms. The predicted molar refractivity (Wildman–Crippen MR) is 94.6 cm³/mol. The lowest BCUT2D eigenvalue weighted by molar-refractivity contribution is 0.652. The number of rotatable bonds is 5. The fourth-order valence-corrected chi connectivity index (χ4v) is 3.44. The Labute approximate surface area is 136 Å². The highest BCUT2D eigenvalue weighted by molar-refractivity contribution is 6.31. The van der Waals surface area contributed by atoms with Crippen LogP contribution in [0.4, 0.5) is 0 Å². The zero-order valence-corrected chi connectivity index (χ0v) is 13.8. The van der Waals surface area contributed by atoms with Crippen LogP contribution in [0.5, 0.6) is 0 Å². The molecule has 1 aliphatic rings. The summed E-state index contributed by atoms with van der Waals surface area (Å²) in [5.74, 6) is 0. The summed E-state index contributed by atoms with van der Waals surface area (Å²) in [5.41, 5.74) is 3.70. The molecule has 1 aromatic carbocycles. The molecule has 0 aliphatic heterocycles. The lowest BCUT2D eigenvalue weighted by Crippen LogP contribution is -2.14. The number of H-pyrrole nitrogens is 1. The monoisotopic (exact) mass is 315 g/mol. The zero-order chi connectivity index (χ0) is 15.5. The maximum Gasteiger partial charge on any atom is 0.256 e. The van der Waals surface area contributed by atoms with E-state index in [0.29, 0.717) is 5.02 Å². The summed E-state index contributed by atoms with van der Waals surface area (Å²) in [6.45, 7) is 2.24. The number of nitrogens with one attached hydrogen (secondary N) is 1. The highest BCUT2D eigenvalue weighted by atomic mass is 35.5. The van der Waals surface area contributed by atoms with Gasteiger partial charge in [0.1, 0.15) is 0 Å². The van der Waals surface area contributed by atoms with E-state index >= 15 is 0 Å². The molecule has 3 rings (SSSR count). The Kier molecular flexibility index (Phi) is 4.68. The smallest absolute Gasteiger partial charge is 0.256 e. The summed E-state index contributed by atoms with van der Waals surface area (Å²) >= 11 is 6.14. The van der Waals surface area contributed by atoms with Crippen LogP contribution >= 0.6 is 11.6 Å². The van der Waals surface area contributed by atoms with Crippen molar-refractivity contribution in [2.75, 3.05) is 0 Å². The fourth-order valence-electron chi connectivity index (χ4n) is 3.27. The molecule has 1 aromatic heterocycles. The van der Waals surface area contributed by atoms with E-state index in [4.69, 9.17) is 11.6 Å². The number of aryl methyl sites for hydroxylation is 1. The van der Waals surface area contributed by atoms with Crippen molar-refractivity contribution in [2.45, 2.75) is 51.9 Å². The molecule has 0 amide bonds. The van der Waals surface area contributed by atoms with Gasteiger partial charge in [-0.15, -0.1) is 0 Å². The molecule has 0 spiro atoms. The number of unbranched alkanes of at least 4 members (excludes halogenated alkanes) is 3. The summed E-state index contributed by atoms with van der Waals surface area (Å²) < 4.78 is 0. The van der Waals surface area contributed by atoms with Gasteiger partial charge in [-0.2, -0.15) is 0 Å². The zero-order valence-electron chi connectivity index (χ0n) is 13.0. The average Bonchev–Trinajstić information content (AvgIpc) is 2.52. The second-order valence-electron chi connectivity index (χ2n) is 6.15. The van der Waals surface area contributed by atoms with E-state index in [-0.39, 0.29) is 5.56 Å². The second-order valence-corrected chi connectivity index (χ2v) is 6.59. The molecule has 22 heavy (non-hydrogen) atoms. The van der Waals surface area contributed by atoms with Crippen LogP contribution in [0, 0.1) is 0 Å². The molecular formula is C19H22ClNO. The van der Waals surface area contributed by atoms with E-state index in [0.717, 1.165) is 34.9 Å². The van der Waals surface area contributed by atoms with Crippen molar-refractivity contribution in [3.63, 3.8) is 0 Å². The lowest BCUT2D eigenvalue weighted by atomic mass is 9.90. The molecule has 1 heterocycles. The molecule has 0 radical (unpaired) electrons. The Balaban J connectivity index is 1.96. The molecule has 0 unspecified atom stereocenters. The van der Waals surface area contributed by atoms with Crippen LogP contribution in [-0.4, -0.2) is 4.98 Å². The van der Waals surface area contributed by atoms with Crippen LogP contribution in [0.1, 0.15) is 56.7 Å². The summed E-state index contributed by atoms with van der Waals surface area (Å²) in [7, 11) is 0. The standard InChI is InChI=1S/C19H22ClNO/c1-2-3-4-5-6-13-7-10-18-17(11-13)16-12-14(20)8-9-15(16)19(22)21-18/h8-9,11-12H,2-7,10H2,1H3,(H,21,22). The molecule has 1 aliphatic carbocycles. The van der Waals surface area contributed by atoms with E-state index in [1.807, 2.05) is 12.1 Å². The Bertz CT molecular complexity index is 773. The first-order valence-electron chi connectivity index (χ1n) is 8.23. The Hall–Kier alpha value is -1.54. The molecule has 3 heteroatoms. The molecular weight excluding hydrogens is 294 g/mol. The number of benzene rings is 1. The first-order chi connectivity index (χ1) is 10.7. The molecule has 116 valence electrons. The van der Waals surface area contributed by atoms with Crippen LogP contribution in [0.25, 0.3) is 16.8 Å². The molecule has 0 fully saturated rings. The van der Waals surface area contributed by atoms with Gasteiger partial charge in [0, 0.05) is 21.7 Å². The van der Waals surface area contributed by atoms with Gasteiger partial charge < -0.3 is 4.98 Å². The lowest BCUT2D eigenvalue weighted by Gasteiger charge is -2.18. The highest BCUT2D eigenvalue weighted by Gasteiger charge is 2.15. The largest absolute Gasteiger partial charge is 0.325 e. The molecule has 2 aromatic rings. The summed E-state index contributed by atoms with van der Waals surface area (Å²) in [4.78, 5) is 15.2. The quantitative estimate of drug-likeness (QED) is 0.728. The average molecular weight is 316 g/mol. The summed E-state index contributed by atoms with van der Waals surface area (Å²) in [6, 6.07) is 5.52. The van der Waals surface area contributed by atoms with Gasteiger partial charge in [0.25, 0.3) is 5.56 Å². The minimum atomic E-state index is -0.00906. The number of aromatic amines is 1. The summed E-state index contributed by atoms with van der Waals surface area (Å²) in [5, 5.41) is 2.40. The van der Waals surface area contributed by atoms with Gasteiger partial charge in [0.15, 0.2) is 0 Å². The molecule has 2 nitrogen and oxygen atoms in total. The van der Waals surface area contributed by atoms with Crippen molar-refractivity contribution < 1.29 is 0 Å². The minimum absolute atomic E-state index is 0.00906. The van der Waals surface area contributed by atoms with Crippen molar-refractivity contribution in [1.82, 2.24) is 4.98 Å². The van der Waals surface area contributed by atoms with Crippen LogP contribution in [0.15, 0.2) is 28.6 Å². The Morgan fingerprint density at radius 1 is 1.14 bits per heavy atom. The highest BCUT2D eigenvalue weighted by Crippen LogP contribution is 2.31. The maximum atomic E-state index is 12.2. The van der Waals surface area contributed by atoms with Gasteiger partial charge in [-0.25, -0.2) is 0 Å². The van der Waals surface area contributed by atoms with Gasteiger partial charge in [-0.1, -0.05) is 49.4 Å². The number of halogens is 1. The summed E-state index contributed by atoms with van der Waals surface area (Å²) in [6.07, 6.45) is 10.6. The van der Waals surface area contributed by atoms with Gasteiger partial charge in [-0.3, -0.25) is 4.79 Å². The number of fused-ring (bicyclic) bond motifs is 3. The minimum Gasteiger partial charge on any atom is -0.325 e. The maximum absolute atomic E-state index is 12.2. The van der Waals surface area contributed by atoms with Gasteiger partial charge >= 0.3 is 0 Å². The van der Waals surface area contributed by atoms with Crippen molar-refractivity contribution in [3.05, 3.63) is 50.4 Å². The van der Waals surface area contributed by atoms with Crippen LogP contribution < -0.4 is 5.56 Å². The van der Waals surface area contributed by atoms with Crippen molar-refractivity contribution in [2.24, 2.45) is 0 Å². The van der Waals surface area contributed by atoms with Crippen molar-refractivity contribution in [1.29, 1.82) is 0 Å². The number of pyridine rings is 1. The second kappa shape index (κ2) is 6.70. The number of aromatic nitrogens is 1. The Morgan fingerprint density at radius 2 is 2.00 bits per heavy atom. The normalized spacial score (nSPS) is 14.0. The van der Waals surface area contributed by atoms with E-state index in [9.17, 15) is 4.79 Å². The van der Waals surface area contributed by atoms with Crippen molar-refractivity contribution in [3.8, 4) is 0 Å². The first kappa shape index (κ1) is 15.4. The van der Waals surface area contributed by atoms with E-state index in [2.05, 4.69) is 18.0 Å². The molecule has 0 saturated carbocycles. The van der Waals surface area contributed by atoms with E-state index in [1.54, 1.807) is 6.07 Å². The van der Waals surface area contributed by atoms with Gasteiger partial charge in [0.05, 0.1) is 0 Å². The van der Waals surface area contributed by atoms with Crippen LogP contribution in [0.2, 0.25) is 5.02 Å². The first-order valence-corrected chi connectivity index (χ1v) is 8.60. The molecule has 0 atom stereocenters. The van der Waals surface area contributed by atoms with Crippen LogP contribution in [0.3, 0.4) is 0 Å². The van der Waals surface area contributed by atoms with Gasteiger partial charge in [-0.05, 0) is 49.3 Å². The molecule has 0 saturated heterocycles. The number of allylic oxidation sites excluding steroid dienone is 1. The van der Waals surface area contributed by atoms with E-state index < -0.39 is 0 Å². The van der Waals surface area contributed by atoms with Gasteiger partial charge in [0.2, 0.25) is 0 Å². The topological polar surface area (TPSA) is 32.9 Å².